The van der Waals surface area contributed by atoms with Crippen molar-refractivity contribution in [2.45, 2.75) is 18.9 Å². The SMILES string of the molecule is O=C(c1ccc(-n2cc(-c3cc4cc(F)ccc4[nH]c3=O)nn2)cc1)N1CCCC1c1cccnc1. The van der Waals surface area contributed by atoms with E-state index in [1.165, 1.54) is 22.9 Å². The number of halogens is 1. The van der Waals surface area contributed by atoms with Crippen LogP contribution in [-0.2, 0) is 0 Å². The first-order chi connectivity index (χ1) is 17.6. The first-order valence-corrected chi connectivity index (χ1v) is 11.6. The van der Waals surface area contributed by atoms with E-state index in [-0.39, 0.29) is 23.3 Å². The Morgan fingerprint density at radius 1 is 1.08 bits per heavy atom. The first-order valence-electron chi connectivity index (χ1n) is 11.6. The highest BCUT2D eigenvalue weighted by atomic mass is 19.1. The minimum Gasteiger partial charge on any atom is -0.332 e. The Kier molecular flexibility index (Phi) is 5.37. The first kappa shape index (κ1) is 21.8. The molecule has 0 spiro atoms. The van der Waals surface area contributed by atoms with Gasteiger partial charge in [0.1, 0.15) is 11.5 Å². The number of hydrogen-bond donors (Lipinski definition) is 1. The number of rotatable bonds is 4. The van der Waals surface area contributed by atoms with E-state index in [1.54, 1.807) is 42.7 Å². The molecule has 178 valence electrons. The van der Waals surface area contributed by atoms with Gasteiger partial charge in [0.2, 0.25) is 0 Å². The number of carbonyl (C=O) groups is 1. The molecule has 1 saturated heterocycles. The van der Waals surface area contributed by atoms with Crippen LogP contribution in [-0.4, -0.2) is 42.3 Å². The Hall–Kier alpha value is -4.66. The summed E-state index contributed by atoms with van der Waals surface area (Å²) in [5.41, 5.74) is 3.18. The Morgan fingerprint density at radius 2 is 1.94 bits per heavy atom. The minimum absolute atomic E-state index is 0.0253. The largest absolute Gasteiger partial charge is 0.332 e. The lowest BCUT2D eigenvalue weighted by Crippen LogP contribution is -2.30. The second kappa shape index (κ2) is 8.84. The molecule has 8 nitrogen and oxygen atoms in total. The molecule has 36 heavy (non-hydrogen) atoms. The zero-order chi connectivity index (χ0) is 24.6. The van der Waals surface area contributed by atoms with Crippen LogP contribution in [0.2, 0.25) is 0 Å². The maximum atomic E-state index is 13.6. The van der Waals surface area contributed by atoms with E-state index in [0.29, 0.717) is 40.0 Å². The monoisotopic (exact) mass is 480 g/mol. The lowest BCUT2D eigenvalue weighted by atomic mass is 10.1. The maximum Gasteiger partial charge on any atom is 0.258 e. The summed E-state index contributed by atoms with van der Waals surface area (Å²) in [7, 11) is 0. The summed E-state index contributed by atoms with van der Waals surface area (Å²) in [6.45, 7) is 0.705. The summed E-state index contributed by atoms with van der Waals surface area (Å²) in [4.78, 5) is 34.7. The molecule has 1 amide bonds. The number of benzene rings is 2. The van der Waals surface area contributed by atoms with Gasteiger partial charge in [-0.2, -0.15) is 0 Å². The molecule has 1 aliphatic heterocycles. The second-order valence-electron chi connectivity index (χ2n) is 8.78. The number of carbonyl (C=O) groups excluding carboxylic acids is 1. The Morgan fingerprint density at radius 3 is 2.75 bits per heavy atom. The average molecular weight is 481 g/mol. The van der Waals surface area contributed by atoms with Crippen LogP contribution in [0.4, 0.5) is 4.39 Å². The molecule has 1 atom stereocenters. The average Bonchev–Trinajstić information content (AvgIpc) is 3.59. The minimum atomic E-state index is -0.389. The zero-order valence-corrected chi connectivity index (χ0v) is 19.1. The third-order valence-corrected chi connectivity index (χ3v) is 6.54. The van der Waals surface area contributed by atoms with Crippen molar-refractivity contribution >= 4 is 16.8 Å². The van der Waals surface area contributed by atoms with Crippen LogP contribution in [0.5, 0.6) is 0 Å². The molecule has 1 N–H and O–H groups in total. The number of aromatic nitrogens is 5. The van der Waals surface area contributed by atoms with Gasteiger partial charge in [0.25, 0.3) is 11.5 Å². The van der Waals surface area contributed by atoms with Crippen LogP contribution in [0, 0.1) is 5.82 Å². The van der Waals surface area contributed by atoms with Gasteiger partial charge in [-0.05, 0) is 73.0 Å². The summed E-state index contributed by atoms with van der Waals surface area (Å²) in [5, 5.41) is 8.84. The van der Waals surface area contributed by atoms with Gasteiger partial charge in [0, 0.05) is 35.4 Å². The third kappa shape index (κ3) is 3.94. The van der Waals surface area contributed by atoms with Gasteiger partial charge in [0.15, 0.2) is 0 Å². The van der Waals surface area contributed by atoms with Crippen LogP contribution in [0.1, 0.15) is 34.8 Å². The van der Waals surface area contributed by atoms with Crippen molar-refractivity contribution in [2.24, 2.45) is 0 Å². The van der Waals surface area contributed by atoms with Crippen LogP contribution in [0.25, 0.3) is 27.8 Å². The lowest BCUT2D eigenvalue weighted by molar-refractivity contribution is 0.0735. The van der Waals surface area contributed by atoms with Crippen molar-refractivity contribution in [3.8, 4) is 16.9 Å². The number of pyridine rings is 2. The number of fused-ring (bicyclic) bond motifs is 1. The van der Waals surface area contributed by atoms with Gasteiger partial charge in [0.05, 0.1) is 23.5 Å². The second-order valence-corrected chi connectivity index (χ2v) is 8.78. The van der Waals surface area contributed by atoms with E-state index in [1.807, 2.05) is 23.2 Å². The summed E-state index contributed by atoms with van der Waals surface area (Å²) in [6, 6.07) is 16.8. The van der Waals surface area contributed by atoms with E-state index in [2.05, 4.69) is 20.3 Å². The Balaban J connectivity index is 1.25. The molecular formula is C27H21FN6O2. The van der Waals surface area contributed by atoms with Crippen molar-refractivity contribution in [2.75, 3.05) is 6.54 Å². The van der Waals surface area contributed by atoms with Gasteiger partial charge in [-0.25, -0.2) is 9.07 Å². The highest BCUT2D eigenvalue weighted by molar-refractivity contribution is 5.95. The summed E-state index contributed by atoms with van der Waals surface area (Å²) in [6.07, 6.45) is 7.04. The van der Waals surface area contributed by atoms with Crippen LogP contribution in [0.15, 0.2) is 84.0 Å². The van der Waals surface area contributed by atoms with E-state index in [0.717, 1.165) is 18.4 Å². The van der Waals surface area contributed by atoms with Crippen molar-refractivity contribution in [3.05, 3.63) is 107 Å². The van der Waals surface area contributed by atoms with Crippen molar-refractivity contribution in [1.82, 2.24) is 29.9 Å². The molecule has 0 radical (unpaired) electrons. The van der Waals surface area contributed by atoms with Gasteiger partial charge < -0.3 is 9.88 Å². The van der Waals surface area contributed by atoms with E-state index < -0.39 is 0 Å². The van der Waals surface area contributed by atoms with E-state index >= 15 is 0 Å². The molecule has 0 aliphatic carbocycles. The molecule has 4 heterocycles. The van der Waals surface area contributed by atoms with Gasteiger partial charge in [-0.3, -0.25) is 14.6 Å². The van der Waals surface area contributed by atoms with Crippen molar-refractivity contribution in [1.29, 1.82) is 0 Å². The molecule has 5 aromatic rings. The Labute approximate surface area is 205 Å². The van der Waals surface area contributed by atoms with Crippen molar-refractivity contribution in [3.63, 3.8) is 0 Å². The molecular weight excluding hydrogens is 459 g/mol. The zero-order valence-electron chi connectivity index (χ0n) is 19.1. The Bertz CT molecular complexity index is 1630. The molecule has 1 fully saturated rings. The maximum absolute atomic E-state index is 13.6. The lowest BCUT2D eigenvalue weighted by Gasteiger charge is -2.25. The topological polar surface area (TPSA) is 96.8 Å². The highest BCUT2D eigenvalue weighted by Gasteiger charge is 2.30. The molecule has 1 aliphatic rings. The van der Waals surface area contributed by atoms with Gasteiger partial charge in [-0.1, -0.05) is 11.3 Å². The quantitative estimate of drug-likeness (QED) is 0.414. The summed E-state index contributed by atoms with van der Waals surface area (Å²) >= 11 is 0. The molecule has 2 aromatic carbocycles. The predicted octanol–water partition coefficient (Wildman–Crippen LogP) is 4.29. The number of nitrogens with zero attached hydrogens (tertiary/aromatic N) is 5. The fourth-order valence-electron chi connectivity index (χ4n) is 4.73. The molecule has 3 aromatic heterocycles. The van der Waals surface area contributed by atoms with Gasteiger partial charge >= 0.3 is 0 Å². The number of H-pyrrole nitrogens is 1. The normalized spacial score (nSPS) is 15.5. The smallest absolute Gasteiger partial charge is 0.258 e. The van der Waals surface area contributed by atoms with E-state index in [4.69, 9.17) is 0 Å². The van der Waals surface area contributed by atoms with Crippen LogP contribution in [0.3, 0.4) is 0 Å². The number of aromatic amines is 1. The van der Waals surface area contributed by atoms with Crippen molar-refractivity contribution < 1.29 is 9.18 Å². The molecule has 0 bridgehead atoms. The number of hydrogen-bond acceptors (Lipinski definition) is 5. The standard InChI is InChI=1S/C27H21FN6O2/c28-20-7-10-23-19(13-20)14-22(26(35)30-23)24-16-34(32-31-24)21-8-5-17(6-9-21)27(36)33-12-2-4-25(33)18-3-1-11-29-15-18/h1,3,5-11,13-16,25H,2,4,12H2,(H,30,35). The number of likely N-dealkylation sites (tertiary alicyclic amines) is 1. The fraction of sp³-hybridized carbons (Fsp3) is 0.148. The van der Waals surface area contributed by atoms with Crippen LogP contribution >= 0.6 is 0 Å². The molecule has 0 saturated carbocycles. The fourth-order valence-corrected chi connectivity index (χ4v) is 4.73. The van der Waals surface area contributed by atoms with E-state index in [9.17, 15) is 14.0 Å². The number of amides is 1. The third-order valence-electron chi connectivity index (χ3n) is 6.54. The molecule has 9 heteroatoms. The molecule has 6 rings (SSSR count). The molecule has 1 unspecified atom stereocenters. The van der Waals surface area contributed by atoms with Crippen LogP contribution < -0.4 is 5.56 Å². The number of nitrogens with one attached hydrogen (secondary N) is 1. The summed E-state index contributed by atoms with van der Waals surface area (Å²) in [5.74, 6) is -0.415. The highest BCUT2D eigenvalue weighted by Crippen LogP contribution is 2.32. The summed E-state index contributed by atoms with van der Waals surface area (Å²) < 4.78 is 15.2. The predicted molar refractivity (Wildman–Crippen MR) is 132 cm³/mol. The van der Waals surface area contributed by atoms with Gasteiger partial charge in [-0.15, -0.1) is 5.10 Å².